The molecule has 0 spiro atoms. The van der Waals surface area contributed by atoms with Gasteiger partial charge in [-0.15, -0.1) is 0 Å². The molecule has 116 valence electrons. The van der Waals surface area contributed by atoms with Gasteiger partial charge < -0.3 is 14.2 Å². The van der Waals surface area contributed by atoms with E-state index in [4.69, 9.17) is 9.26 Å². The normalized spacial score (nSPS) is 18.2. The Morgan fingerprint density at radius 3 is 3.00 bits per heavy atom. The maximum atomic E-state index is 12.4. The van der Waals surface area contributed by atoms with Crippen LogP contribution in [0.4, 0.5) is 0 Å². The highest BCUT2D eigenvalue weighted by molar-refractivity contribution is 5.92. The summed E-state index contributed by atoms with van der Waals surface area (Å²) in [4.78, 5) is 22.2. The van der Waals surface area contributed by atoms with Crippen LogP contribution in [0.25, 0.3) is 0 Å². The smallest absolute Gasteiger partial charge is 0.316 e. The van der Waals surface area contributed by atoms with E-state index < -0.39 is 0 Å². The van der Waals surface area contributed by atoms with Crippen molar-refractivity contribution in [3.8, 4) is 6.01 Å². The second-order valence-corrected chi connectivity index (χ2v) is 5.42. The first-order valence-electron chi connectivity index (χ1n) is 7.35. The summed E-state index contributed by atoms with van der Waals surface area (Å²) >= 11 is 0. The number of ether oxygens (including phenoxy) is 1. The number of hydrogen-bond acceptors (Lipinski definition) is 6. The van der Waals surface area contributed by atoms with Crippen LogP contribution in [0.2, 0.25) is 0 Å². The van der Waals surface area contributed by atoms with Gasteiger partial charge in [0.1, 0.15) is 5.76 Å². The fraction of sp³-hybridized carbons (Fsp3) is 0.467. The van der Waals surface area contributed by atoms with Crippen LogP contribution in [0, 0.1) is 12.8 Å². The third kappa shape index (κ3) is 3.41. The van der Waals surface area contributed by atoms with Crippen molar-refractivity contribution < 1.29 is 14.1 Å². The molecule has 3 rings (SSSR count). The molecule has 1 aliphatic rings. The van der Waals surface area contributed by atoms with Crippen LogP contribution in [0.15, 0.2) is 29.0 Å². The van der Waals surface area contributed by atoms with E-state index in [1.807, 2.05) is 0 Å². The quantitative estimate of drug-likeness (QED) is 0.855. The Balaban J connectivity index is 1.56. The highest BCUT2D eigenvalue weighted by Crippen LogP contribution is 2.19. The summed E-state index contributed by atoms with van der Waals surface area (Å²) in [6.45, 7) is 3.67. The summed E-state index contributed by atoms with van der Waals surface area (Å²) in [5, 5.41) is 3.79. The third-order valence-electron chi connectivity index (χ3n) is 3.64. The van der Waals surface area contributed by atoms with Crippen molar-refractivity contribution in [1.82, 2.24) is 20.0 Å². The van der Waals surface area contributed by atoms with Crippen LogP contribution in [-0.4, -0.2) is 45.6 Å². The molecule has 7 heteroatoms. The van der Waals surface area contributed by atoms with Gasteiger partial charge in [-0.3, -0.25) is 4.79 Å². The molecule has 2 aromatic rings. The maximum Gasteiger partial charge on any atom is 0.316 e. The van der Waals surface area contributed by atoms with Gasteiger partial charge in [-0.1, -0.05) is 5.16 Å². The summed E-state index contributed by atoms with van der Waals surface area (Å²) < 4.78 is 10.6. The van der Waals surface area contributed by atoms with Gasteiger partial charge in [-0.25, -0.2) is 9.97 Å². The molecule has 2 aromatic heterocycles. The van der Waals surface area contributed by atoms with Gasteiger partial charge in [0.25, 0.3) is 5.91 Å². The number of rotatable bonds is 4. The molecule has 3 heterocycles. The lowest BCUT2D eigenvalue weighted by Crippen LogP contribution is -2.41. The fourth-order valence-electron chi connectivity index (χ4n) is 2.57. The molecule has 0 aromatic carbocycles. The Bertz CT molecular complexity index is 629. The van der Waals surface area contributed by atoms with Crippen LogP contribution >= 0.6 is 0 Å². The van der Waals surface area contributed by atoms with Crippen LogP contribution < -0.4 is 4.74 Å². The number of aromatic nitrogens is 3. The Morgan fingerprint density at radius 2 is 2.27 bits per heavy atom. The van der Waals surface area contributed by atoms with Gasteiger partial charge in [0.15, 0.2) is 5.69 Å². The molecule has 1 unspecified atom stereocenters. The van der Waals surface area contributed by atoms with E-state index >= 15 is 0 Å². The zero-order valence-corrected chi connectivity index (χ0v) is 12.4. The zero-order valence-electron chi connectivity index (χ0n) is 12.4. The minimum Gasteiger partial charge on any atom is -0.463 e. The zero-order chi connectivity index (χ0) is 15.4. The summed E-state index contributed by atoms with van der Waals surface area (Å²) in [5.74, 6) is 0.827. The average Bonchev–Trinajstić information content (AvgIpc) is 3.00. The van der Waals surface area contributed by atoms with Crippen molar-refractivity contribution in [2.75, 3.05) is 19.7 Å². The molecule has 22 heavy (non-hydrogen) atoms. The monoisotopic (exact) mass is 302 g/mol. The van der Waals surface area contributed by atoms with Gasteiger partial charge in [-0.2, -0.15) is 0 Å². The van der Waals surface area contributed by atoms with Crippen LogP contribution in [0.3, 0.4) is 0 Å². The Hall–Kier alpha value is -2.44. The van der Waals surface area contributed by atoms with Crippen LogP contribution in [-0.2, 0) is 0 Å². The van der Waals surface area contributed by atoms with Crippen molar-refractivity contribution in [1.29, 1.82) is 0 Å². The minimum absolute atomic E-state index is 0.0856. The molecule has 1 aliphatic heterocycles. The number of hydrogen-bond donors (Lipinski definition) is 0. The molecule has 0 N–H and O–H groups in total. The maximum absolute atomic E-state index is 12.4. The largest absolute Gasteiger partial charge is 0.463 e. The number of likely N-dealkylation sites (tertiary alicyclic amines) is 1. The van der Waals surface area contributed by atoms with Crippen molar-refractivity contribution in [3.05, 3.63) is 36.0 Å². The Morgan fingerprint density at radius 1 is 1.45 bits per heavy atom. The molecule has 1 fully saturated rings. The first kappa shape index (κ1) is 14.5. The lowest BCUT2D eigenvalue weighted by atomic mass is 9.99. The molecule has 1 atom stereocenters. The second kappa shape index (κ2) is 6.55. The summed E-state index contributed by atoms with van der Waals surface area (Å²) in [5.41, 5.74) is 0.366. The van der Waals surface area contributed by atoms with Crippen LogP contribution in [0.1, 0.15) is 29.1 Å². The second-order valence-electron chi connectivity index (χ2n) is 5.42. The van der Waals surface area contributed by atoms with Gasteiger partial charge in [0.2, 0.25) is 0 Å². The molecule has 0 saturated carbocycles. The SMILES string of the molecule is Cc1cc(C(=O)N2CCCC(COc3ncccn3)C2)no1. The van der Waals surface area contributed by atoms with E-state index in [0.717, 1.165) is 19.4 Å². The molecule has 0 aliphatic carbocycles. The summed E-state index contributed by atoms with van der Waals surface area (Å²) in [7, 11) is 0. The highest BCUT2D eigenvalue weighted by Gasteiger charge is 2.26. The molecule has 1 saturated heterocycles. The summed E-state index contributed by atoms with van der Waals surface area (Å²) in [6, 6.07) is 3.78. The number of carbonyl (C=O) groups excluding carboxylic acids is 1. The Kier molecular flexibility index (Phi) is 4.32. The van der Waals surface area contributed by atoms with Crippen molar-refractivity contribution >= 4 is 5.91 Å². The third-order valence-corrected chi connectivity index (χ3v) is 3.64. The predicted molar refractivity (Wildman–Crippen MR) is 77.4 cm³/mol. The first-order chi connectivity index (χ1) is 10.7. The molecule has 1 amide bonds. The number of aryl methyl sites for hydroxylation is 1. The van der Waals surface area contributed by atoms with Crippen molar-refractivity contribution in [2.24, 2.45) is 5.92 Å². The number of carbonyl (C=O) groups is 1. The topological polar surface area (TPSA) is 81.4 Å². The van der Waals surface area contributed by atoms with Crippen LogP contribution in [0.5, 0.6) is 6.01 Å². The van der Waals surface area contributed by atoms with E-state index in [2.05, 4.69) is 15.1 Å². The van der Waals surface area contributed by atoms with E-state index in [1.165, 1.54) is 0 Å². The predicted octanol–water partition coefficient (Wildman–Crippen LogP) is 1.70. The molecule has 0 bridgehead atoms. The number of nitrogens with zero attached hydrogens (tertiary/aromatic N) is 4. The molecule has 7 nitrogen and oxygen atoms in total. The standard InChI is InChI=1S/C15H18N4O3/c1-11-8-13(18-22-11)14(20)19-7-2-4-12(9-19)10-21-15-16-5-3-6-17-15/h3,5-6,8,12H,2,4,7,9-10H2,1H3. The van der Waals surface area contributed by atoms with Crippen molar-refractivity contribution in [2.45, 2.75) is 19.8 Å². The Labute approximate surface area is 128 Å². The van der Waals surface area contributed by atoms with Crippen molar-refractivity contribution in [3.63, 3.8) is 0 Å². The van der Waals surface area contributed by atoms with E-state index in [9.17, 15) is 4.79 Å². The average molecular weight is 302 g/mol. The van der Waals surface area contributed by atoms with E-state index in [0.29, 0.717) is 30.6 Å². The lowest BCUT2D eigenvalue weighted by molar-refractivity contribution is 0.0618. The fourth-order valence-corrected chi connectivity index (χ4v) is 2.57. The van der Waals surface area contributed by atoms with Gasteiger partial charge in [-0.05, 0) is 25.8 Å². The number of piperidine rings is 1. The van der Waals surface area contributed by atoms with E-state index in [-0.39, 0.29) is 11.8 Å². The minimum atomic E-state index is -0.0856. The van der Waals surface area contributed by atoms with Gasteiger partial charge in [0.05, 0.1) is 6.61 Å². The molecule has 0 radical (unpaired) electrons. The number of amides is 1. The summed E-state index contributed by atoms with van der Waals surface area (Å²) in [6.07, 6.45) is 5.26. The first-order valence-corrected chi connectivity index (χ1v) is 7.35. The molecular formula is C15H18N4O3. The highest BCUT2D eigenvalue weighted by atomic mass is 16.5. The lowest BCUT2D eigenvalue weighted by Gasteiger charge is -2.31. The molecular weight excluding hydrogens is 284 g/mol. The van der Waals surface area contributed by atoms with E-state index in [1.54, 1.807) is 36.4 Å². The van der Waals surface area contributed by atoms with Gasteiger partial charge >= 0.3 is 6.01 Å². The van der Waals surface area contributed by atoms with Gasteiger partial charge in [0, 0.05) is 37.5 Å².